The highest BCUT2D eigenvalue weighted by molar-refractivity contribution is 6.24. The Hall–Kier alpha value is -13.5. The zero-order valence-electron chi connectivity index (χ0n) is 92.4. The van der Waals surface area contributed by atoms with E-state index in [1.165, 1.54) is 78.9 Å². The highest BCUT2D eigenvalue weighted by atomic mass is 16.1. The van der Waals surface area contributed by atoms with Crippen molar-refractivity contribution < 1.29 is 9.59 Å². The summed E-state index contributed by atoms with van der Waals surface area (Å²) in [6, 6.07) is 59.6. The molecule has 10 nitrogen and oxygen atoms in total. The Bertz CT molecular complexity index is 7290. The molecule has 10 heterocycles. The van der Waals surface area contributed by atoms with Gasteiger partial charge in [-0.2, -0.15) is 0 Å². The molecule has 0 fully saturated rings. The lowest BCUT2D eigenvalue weighted by molar-refractivity contribution is -0.114. The first-order valence-corrected chi connectivity index (χ1v) is 51.5. The lowest BCUT2D eigenvalue weighted by atomic mass is 9.78. The molecule has 6 aromatic heterocycles. The summed E-state index contributed by atoms with van der Waals surface area (Å²) in [5.41, 5.74) is 37.0. The Kier molecular flexibility index (Phi) is 25.3. The number of carbonyl (C=O) groups is 2. The largest absolute Gasteiger partial charge is 0.354 e. The smallest absolute Gasteiger partial charge is 0.195 e. The number of H-pyrrole nitrogens is 4. The van der Waals surface area contributed by atoms with Gasteiger partial charge >= 0.3 is 0 Å². The molecule has 6 aromatic carbocycles. The molecule has 736 valence electrons. The summed E-state index contributed by atoms with van der Waals surface area (Å²) in [5.74, 6) is 12.8. The highest BCUT2D eigenvalue weighted by Crippen LogP contribution is 2.49. The van der Waals surface area contributed by atoms with Crippen LogP contribution in [0.2, 0.25) is 0 Å². The first-order chi connectivity index (χ1) is 66.6. The average Bonchev–Trinajstić information content (AvgIpc) is 1.59. The fourth-order valence-corrected chi connectivity index (χ4v) is 19.3. The normalized spacial score (nSPS) is 14.1. The number of nitrogens with one attached hydrogen (secondary N) is 4. The number of aromatic nitrogens is 8. The predicted molar refractivity (Wildman–Crippen MR) is 615 cm³/mol. The van der Waals surface area contributed by atoms with Gasteiger partial charge in [0.15, 0.2) is 11.6 Å². The van der Waals surface area contributed by atoms with Crippen LogP contribution in [0.3, 0.4) is 0 Å². The maximum atomic E-state index is 15.5. The van der Waals surface area contributed by atoms with Crippen LogP contribution in [0.5, 0.6) is 0 Å². The molecule has 10 heteroatoms. The molecule has 0 saturated heterocycles. The highest BCUT2D eigenvalue weighted by Gasteiger charge is 2.34. The predicted octanol–water partition coefficient (Wildman–Crippen LogP) is 34.6. The zero-order valence-corrected chi connectivity index (χ0v) is 92.4. The molecule has 16 bridgehead atoms. The van der Waals surface area contributed by atoms with Crippen molar-refractivity contribution in [3.63, 3.8) is 0 Å². The Morgan fingerprint density at radius 1 is 0.181 bits per heavy atom. The summed E-state index contributed by atoms with van der Waals surface area (Å²) >= 11 is 0. The fraction of sp³-hybridized carbons (Fsp3) is 0.358. The molecule has 0 atom stereocenters. The summed E-state index contributed by atoms with van der Waals surface area (Å²) in [6.45, 7) is 82.2. The Balaban J connectivity index is 0.909. The van der Waals surface area contributed by atoms with Gasteiger partial charge in [-0.05, 0) is 262 Å². The van der Waals surface area contributed by atoms with Gasteiger partial charge in [0.1, 0.15) is 0 Å². The molecular formula is C134H148N8O2. The van der Waals surface area contributed by atoms with Crippen molar-refractivity contribution in [2.45, 2.75) is 314 Å². The van der Waals surface area contributed by atoms with E-state index in [0.717, 1.165) is 123 Å². The van der Waals surface area contributed by atoms with Crippen LogP contribution in [0.15, 0.2) is 181 Å². The first kappa shape index (κ1) is 102. The van der Waals surface area contributed by atoms with Crippen molar-refractivity contribution >= 4 is 104 Å². The van der Waals surface area contributed by atoms with Gasteiger partial charge in [-0.3, -0.25) is 9.59 Å². The van der Waals surface area contributed by atoms with E-state index in [1.807, 2.05) is 12.2 Å². The van der Waals surface area contributed by atoms with Gasteiger partial charge in [0.25, 0.3) is 0 Å². The number of benzene rings is 6. The lowest BCUT2D eigenvalue weighted by Crippen LogP contribution is -2.16. The van der Waals surface area contributed by atoms with Gasteiger partial charge in [0.2, 0.25) is 0 Å². The van der Waals surface area contributed by atoms with Crippen molar-refractivity contribution in [1.82, 2.24) is 39.9 Å². The fourth-order valence-electron chi connectivity index (χ4n) is 19.3. The van der Waals surface area contributed by atoms with Crippen LogP contribution in [0.25, 0.3) is 160 Å². The minimum absolute atomic E-state index is 0.0116. The van der Waals surface area contributed by atoms with E-state index in [-0.39, 0.29) is 76.1 Å². The number of hydrogen-bond donors (Lipinski definition) is 4. The number of ketones is 2. The van der Waals surface area contributed by atoms with Crippen LogP contribution >= 0.6 is 0 Å². The van der Waals surface area contributed by atoms with Gasteiger partial charge < -0.3 is 19.9 Å². The molecule has 17 rings (SSSR count). The number of rotatable bonds is 6. The maximum absolute atomic E-state index is 15.5. The average molecular weight is 1900 g/mol. The summed E-state index contributed by atoms with van der Waals surface area (Å²) in [4.78, 5) is 70.4. The Morgan fingerprint density at radius 3 is 0.479 bits per heavy atom. The number of carbonyl (C=O) groups excluding carboxylic acids is 2. The van der Waals surface area contributed by atoms with E-state index in [1.54, 1.807) is 0 Å². The number of fused-ring (bicyclic) bond motifs is 16. The van der Waals surface area contributed by atoms with E-state index in [9.17, 15) is 0 Å². The standard InChI is InChI=1S/C134H148N8O2/c1-123(2,3)85-57-79(58-86(71-85)124(4,5)6)117-103-45-41-99(135-103)97(100-42-46-104(136-100)118(80-59-87(125(7,8)9)72-88(60-80)126(10,11)12)108-50-54-112(140-108)121(111-53-49-107(117)139-111)83-65-93(131(25,26)27)75-94(66-83)132(28,29)30)39-37-77-69-116(144)78(70-115(77)143)38-40-98-101-43-47-105(137-101)119(81-61-89(127(13,14)15)73-90(62-81)128(16,17)18)109-51-55-113(141-109)122(84-67-95(133(31,32)33)76-96(68-84)134(34,35)36)114-56-52-110(142-114)120(106-48-44-102(98)138-106)82-63-91(129(19,20)21)74-92(64-82)130(22,23)24/h41-76,135,137,140,142H,1-36H3. The molecule has 4 N–H and O–H groups in total. The van der Waals surface area contributed by atoms with Crippen molar-refractivity contribution in [3.05, 3.63) is 304 Å². The minimum atomic E-state index is -0.464. The molecular weight excluding hydrogens is 1750 g/mol. The SMILES string of the molecule is CC(C)(C)c1cc(-c2c3nc(c(-c4cc(C(C)(C)C)cc(C(C)(C)C)c4)c4ccc([nH]4)c(-c4cc(C(C)(C)C)cc(C(C)(C)C)c4)c4nc(c(C#CC5=CC(=O)C(C#Cc6c7nc(c(-c8cc(C(C)(C)C)cc(C(C)(C)C)c8)c8ccc([nH]8)c(-c8cc(C(C)(C)C)cc(C(C)(C)C)c8)c8nc(c(-c9cc(C(C)(C)C)cc(C(C)(C)C)c9)c9ccc6[nH]9)C=C8)C=C7)=CC5=O)c5ccc2[nH]5)C=C4)C=C3)cc(C(C)(C)C)c1. The third-order valence-electron chi connectivity index (χ3n) is 29.0. The van der Waals surface area contributed by atoms with Gasteiger partial charge in [-0.1, -0.05) is 382 Å². The molecule has 12 aromatic rings. The number of aromatic amines is 4. The molecule has 0 unspecified atom stereocenters. The monoisotopic (exact) mass is 1900 g/mol. The molecule has 1 aliphatic carbocycles. The van der Waals surface area contributed by atoms with Gasteiger partial charge in [-0.15, -0.1) is 0 Å². The molecule has 0 spiro atoms. The number of hydrogen-bond acceptors (Lipinski definition) is 6. The Labute approximate surface area is 857 Å². The van der Waals surface area contributed by atoms with Crippen molar-refractivity contribution in [2.75, 3.05) is 0 Å². The molecule has 5 aliphatic rings. The second kappa shape index (κ2) is 35.7. The van der Waals surface area contributed by atoms with Crippen molar-refractivity contribution in [3.8, 4) is 90.4 Å². The van der Waals surface area contributed by atoms with Gasteiger partial charge in [0.05, 0.1) is 78.9 Å². The van der Waals surface area contributed by atoms with Crippen molar-refractivity contribution in [2.24, 2.45) is 0 Å². The van der Waals surface area contributed by atoms with Crippen LogP contribution in [-0.4, -0.2) is 51.4 Å². The summed E-state index contributed by atoms with van der Waals surface area (Å²) < 4.78 is 0. The van der Waals surface area contributed by atoms with E-state index in [4.69, 9.17) is 19.9 Å². The molecule has 0 amide bonds. The summed E-state index contributed by atoms with van der Waals surface area (Å²) in [7, 11) is 0. The first-order valence-electron chi connectivity index (χ1n) is 51.5. The van der Waals surface area contributed by atoms with E-state index in [2.05, 4.69) is 487 Å². The quantitative estimate of drug-likeness (QED) is 0.0962. The van der Waals surface area contributed by atoms with E-state index < -0.39 is 11.6 Å². The molecule has 4 aliphatic heterocycles. The van der Waals surface area contributed by atoms with Gasteiger partial charge in [-0.25, -0.2) is 19.9 Å². The topological polar surface area (TPSA) is 149 Å². The van der Waals surface area contributed by atoms with Crippen LogP contribution in [0.4, 0.5) is 0 Å². The van der Waals surface area contributed by atoms with Crippen LogP contribution in [-0.2, 0) is 74.6 Å². The summed E-state index contributed by atoms with van der Waals surface area (Å²) in [6.07, 6.45) is 19.7. The summed E-state index contributed by atoms with van der Waals surface area (Å²) in [5, 5.41) is 0. The van der Waals surface area contributed by atoms with Crippen molar-refractivity contribution in [1.29, 1.82) is 0 Å². The second-order valence-electron chi connectivity index (χ2n) is 53.1. The van der Waals surface area contributed by atoms with Crippen LogP contribution in [0.1, 0.15) is 373 Å². The van der Waals surface area contributed by atoms with Gasteiger partial charge in [0, 0.05) is 78.6 Å². The second-order valence-corrected chi connectivity index (χ2v) is 53.1. The minimum Gasteiger partial charge on any atom is -0.354 e. The lowest BCUT2D eigenvalue weighted by Gasteiger charge is -2.26. The molecule has 0 saturated carbocycles. The molecule has 144 heavy (non-hydrogen) atoms. The van der Waals surface area contributed by atoms with Crippen LogP contribution in [0, 0.1) is 23.7 Å². The third kappa shape index (κ3) is 20.8. The third-order valence-corrected chi connectivity index (χ3v) is 29.0. The number of nitrogens with zero attached hydrogens (tertiary/aromatic N) is 4. The zero-order chi connectivity index (χ0) is 104. The Morgan fingerprint density at radius 2 is 0.319 bits per heavy atom. The maximum Gasteiger partial charge on any atom is 0.195 e. The molecule has 0 radical (unpaired) electrons. The van der Waals surface area contributed by atoms with E-state index in [0.29, 0.717) is 44.9 Å². The number of allylic oxidation sites excluding steroid dienone is 4. The van der Waals surface area contributed by atoms with E-state index >= 15 is 9.59 Å². The van der Waals surface area contributed by atoms with Crippen LogP contribution < -0.4 is 0 Å².